The van der Waals surface area contributed by atoms with Crippen LogP contribution < -0.4 is 10.6 Å². The molecule has 3 amide bonds. The third-order valence-electron chi connectivity index (χ3n) is 7.43. The van der Waals surface area contributed by atoms with Crippen LogP contribution in [0.15, 0.2) is 30.3 Å². The van der Waals surface area contributed by atoms with Crippen molar-refractivity contribution in [2.24, 2.45) is 17.8 Å². The lowest BCUT2D eigenvalue weighted by atomic mass is 9.70. The van der Waals surface area contributed by atoms with E-state index < -0.39 is 34.2 Å². The van der Waals surface area contributed by atoms with Crippen molar-refractivity contribution in [2.45, 2.75) is 86.5 Å². The second-order valence-electron chi connectivity index (χ2n) is 11.8. The Bertz CT molecular complexity index is 1000. The van der Waals surface area contributed by atoms with Crippen molar-refractivity contribution in [3.8, 4) is 0 Å². The standard InChI is InChI=1S/C27H38BrN3O4S/c1-15(2)11-17(14-32)31-22(24(34)30-26(3,4)5)27-12-18(28)21(36-27)19(20(27)25(31)35)23(33)29-13-16-9-7-6-8-10-16/h6-10,15,17-22,32H,11-14H2,1-5H3,(H,29,33)(H,30,34)/t17-,18?,19-,20+,21-,22?,27?/m1/s1. The van der Waals surface area contributed by atoms with Crippen LogP contribution in [0, 0.1) is 17.8 Å². The van der Waals surface area contributed by atoms with Gasteiger partial charge in [-0.05, 0) is 45.1 Å². The van der Waals surface area contributed by atoms with Crippen LogP contribution in [-0.2, 0) is 20.9 Å². The number of likely N-dealkylation sites (tertiary alicyclic amines) is 1. The van der Waals surface area contributed by atoms with Gasteiger partial charge in [0.1, 0.15) is 6.04 Å². The van der Waals surface area contributed by atoms with Crippen molar-refractivity contribution in [1.82, 2.24) is 15.5 Å². The second kappa shape index (κ2) is 10.3. The SMILES string of the molecule is CC(C)C[C@H](CO)N1C(=O)[C@@H]2[C@@H](C(=O)NCc3ccccc3)[C@@H]3SC2(CC3Br)C1C(=O)NC(C)(C)C. The van der Waals surface area contributed by atoms with Gasteiger partial charge in [0.15, 0.2) is 0 Å². The Labute approximate surface area is 226 Å². The van der Waals surface area contributed by atoms with Gasteiger partial charge in [0, 0.05) is 22.2 Å². The molecule has 4 rings (SSSR count). The zero-order chi connectivity index (χ0) is 26.4. The summed E-state index contributed by atoms with van der Waals surface area (Å²) in [5.41, 5.74) is 0.514. The molecule has 2 bridgehead atoms. The Morgan fingerprint density at radius 2 is 1.89 bits per heavy atom. The monoisotopic (exact) mass is 579 g/mol. The molecule has 9 heteroatoms. The highest BCUT2D eigenvalue weighted by Crippen LogP contribution is 2.68. The largest absolute Gasteiger partial charge is 0.394 e. The van der Waals surface area contributed by atoms with E-state index in [2.05, 4.69) is 26.6 Å². The third-order valence-corrected chi connectivity index (χ3v) is 10.7. The number of amides is 3. The number of carbonyl (C=O) groups is 3. The molecule has 0 aromatic heterocycles. The molecule has 3 saturated heterocycles. The van der Waals surface area contributed by atoms with E-state index in [4.69, 9.17) is 0 Å². The fraction of sp³-hybridized carbons (Fsp3) is 0.667. The Balaban J connectivity index is 1.70. The molecule has 3 fully saturated rings. The molecule has 7 atom stereocenters. The Morgan fingerprint density at radius 1 is 1.22 bits per heavy atom. The van der Waals surface area contributed by atoms with Crippen molar-refractivity contribution >= 4 is 45.4 Å². The first-order valence-corrected chi connectivity index (χ1v) is 14.6. The van der Waals surface area contributed by atoms with Crippen molar-refractivity contribution in [3.63, 3.8) is 0 Å². The predicted molar refractivity (Wildman–Crippen MR) is 146 cm³/mol. The number of hydrogen-bond acceptors (Lipinski definition) is 5. The van der Waals surface area contributed by atoms with Crippen molar-refractivity contribution in [2.75, 3.05) is 6.61 Å². The minimum atomic E-state index is -0.743. The van der Waals surface area contributed by atoms with Gasteiger partial charge >= 0.3 is 0 Å². The summed E-state index contributed by atoms with van der Waals surface area (Å²) in [6.07, 6.45) is 1.21. The number of carbonyl (C=O) groups excluding carboxylic acids is 3. The van der Waals surface area contributed by atoms with Crippen LogP contribution in [0.1, 0.15) is 53.0 Å². The summed E-state index contributed by atoms with van der Waals surface area (Å²) < 4.78 is -0.718. The first-order valence-electron chi connectivity index (χ1n) is 12.8. The molecule has 3 unspecified atom stereocenters. The van der Waals surface area contributed by atoms with Crippen LogP contribution in [0.2, 0.25) is 0 Å². The lowest BCUT2D eigenvalue weighted by molar-refractivity contribution is -0.143. The fourth-order valence-corrected chi connectivity index (χ4v) is 9.82. The van der Waals surface area contributed by atoms with E-state index in [0.717, 1.165) is 5.56 Å². The molecule has 1 aromatic rings. The van der Waals surface area contributed by atoms with Gasteiger partial charge in [-0.25, -0.2) is 0 Å². The maximum atomic E-state index is 14.2. The summed E-state index contributed by atoms with van der Waals surface area (Å²) in [6.45, 7) is 10.0. The van der Waals surface area contributed by atoms with Crippen molar-refractivity contribution in [1.29, 1.82) is 0 Å². The Hall–Kier alpha value is -1.58. The van der Waals surface area contributed by atoms with Gasteiger partial charge in [-0.1, -0.05) is 60.1 Å². The van der Waals surface area contributed by atoms with Crippen LogP contribution in [-0.4, -0.2) is 66.8 Å². The van der Waals surface area contributed by atoms with E-state index in [1.165, 1.54) is 0 Å². The number of thioether (sulfide) groups is 1. The molecule has 1 spiro atoms. The summed E-state index contributed by atoms with van der Waals surface area (Å²) in [5.74, 6) is -1.46. The van der Waals surface area contributed by atoms with Crippen LogP contribution in [0.3, 0.4) is 0 Å². The smallest absolute Gasteiger partial charge is 0.244 e. The normalized spacial score (nSPS) is 32.1. The third kappa shape index (κ3) is 4.95. The first-order chi connectivity index (χ1) is 16.9. The van der Waals surface area contributed by atoms with Gasteiger partial charge in [0.05, 0.1) is 29.2 Å². The van der Waals surface area contributed by atoms with E-state index >= 15 is 0 Å². The van der Waals surface area contributed by atoms with Gasteiger partial charge in [0.25, 0.3) is 0 Å². The first kappa shape index (κ1) is 27.5. The molecule has 0 saturated carbocycles. The summed E-state index contributed by atoms with van der Waals surface area (Å²) in [5, 5.41) is 16.4. The van der Waals surface area contributed by atoms with Crippen LogP contribution in [0.4, 0.5) is 0 Å². The summed E-state index contributed by atoms with van der Waals surface area (Å²) in [6, 6.07) is 8.48. The topological polar surface area (TPSA) is 98.7 Å². The lowest BCUT2D eigenvalue weighted by Crippen LogP contribution is -2.59. The van der Waals surface area contributed by atoms with E-state index in [-0.39, 0.29) is 40.3 Å². The number of aliphatic hydroxyl groups excluding tert-OH is 1. The summed E-state index contributed by atoms with van der Waals surface area (Å²) in [7, 11) is 0. The lowest BCUT2D eigenvalue weighted by Gasteiger charge is -2.39. The molecule has 3 N–H and O–H groups in total. The second-order valence-corrected chi connectivity index (χ2v) is 14.5. The van der Waals surface area contributed by atoms with Crippen molar-refractivity contribution in [3.05, 3.63) is 35.9 Å². The minimum Gasteiger partial charge on any atom is -0.394 e. The van der Waals surface area contributed by atoms with Gasteiger partial charge in [0.2, 0.25) is 17.7 Å². The van der Waals surface area contributed by atoms with Gasteiger partial charge in [-0.3, -0.25) is 14.4 Å². The highest BCUT2D eigenvalue weighted by molar-refractivity contribution is 9.09. The highest BCUT2D eigenvalue weighted by Gasteiger charge is 2.76. The average molecular weight is 581 g/mol. The van der Waals surface area contributed by atoms with Crippen LogP contribution in [0.25, 0.3) is 0 Å². The minimum absolute atomic E-state index is 0.0154. The zero-order valence-electron chi connectivity index (χ0n) is 21.7. The molecule has 3 aliphatic rings. The van der Waals surface area contributed by atoms with E-state index in [0.29, 0.717) is 19.4 Å². The zero-order valence-corrected chi connectivity index (χ0v) is 24.1. The quantitative estimate of drug-likeness (QED) is 0.411. The molecule has 198 valence electrons. The molecular weight excluding hydrogens is 542 g/mol. The van der Waals surface area contributed by atoms with Crippen molar-refractivity contribution < 1.29 is 19.5 Å². The number of alkyl halides is 1. The molecule has 36 heavy (non-hydrogen) atoms. The highest BCUT2D eigenvalue weighted by atomic mass is 79.9. The number of nitrogens with one attached hydrogen (secondary N) is 2. The Kier molecular flexibility index (Phi) is 7.85. The fourth-order valence-electron chi connectivity index (χ4n) is 6.22. The summed E-state index contributed by atoms with van der Waals surface area (Å²) >= 11 is 5.41. The number of aliphatic hydroxyl groups is 1. The number of benzene rings is 1. The average Bonchev–Trinajstić information content (AvgIpc) is 3.38. The maximum absolute atomic E-state index is 14.2. The molecule has 7 nitrogen and oxygen atoms in total. The molecular formula is C27H38BrN3O4S. The van der Waals surface area contributed by atoms with Gasteiger partial charge < -0.3 is 20.6 Å². The molecule has 3 heterocycles. The predicted octanol–water partition coefficient (Wildman–Crippen LogP) is 3.09. The van der Waals surface area contributed by atoms with E-state index in [9.17, 15) is 19.5 Å². The number of nitrogens with zero attached hydrogens (tertiary/aromatic N) is 1. The molecule has 0 aliphatic carbocycles. The van der Waals surface area contributed by atoms with Gasteiger partial charge in [-0.2, -0.15) is 0 Å². The maximum Gasteiger partial charge on any atom is 0.244 e. The number of hydrogen-bond donors (Lipinski definition) is 3. The number of fused-ring (bicyclic) bond motifs is 1. The van der Waals surface area contributed by atoms with Crippen LogP contribution in [0.5, 0.6) is 0 Å². The molecule has 1 aromatic carbocycles. The number of rotatable bonds is 8. The van der Waals surface area contributed by atoms with E-state index in [1.54, 1.807) is 16.7 Å². The van der Waals surface area contributed by atoms with Gasteiger partial charge in [-0.15, -0.1) is 11.8 Å². The molecule has 0 radical (unpaired) electrons. The van der Waals surface area contributed by atoms with E-state index in [1.807, 2.05) is 65.0 Å². The molecule has 3 aliphatic heterocycles. The van der Waals surface area contributed by atoms with Crippen LogP contribution >= 0.6 is 27.7 Å². The Morgan fingerprint density at radius 3 is 2.47 bits per heavy atom. The number of halogens is 1. The summed E-state index contributed by atoms with van der Waals surface area (Å²) in [4.78, 5) is 43.2.